The number of halogens is 8. The van der Waals surface area contributed by atoms with Gasteiger partial charge in [-0.25, -0.2) is 22.0 Å². The van der Waals surface area contributed by atoms with E-state index in [0.717, 1.165) is 0 Å². The van der Waals surface area contributed by atoms with E-state index in [2.05, 4.69) is 0 Å². The molecule has 90 valence electrons. The van der Waals surface area contributed by atoms with Gasteiger partial charge in [0.15, 0.2) is 17.5 Å². The average Bonchev–Trinajstić information content (AvgIpc) is 2.21. The summed E-state index contributed by atoms with van der Waals surface area (Å²) in [6.45, 7) is 0. The minimum atomic E-state index is -5.79. The Morgan fingerprint density at radius 1 is 0.875 bits per heavy atom. The quantitative estimate of drug-likeness (QED) is 0.517. The first-order valence-electron chi connectivity index (χ1n) is 3.47. The van der Waals surface area contributed by atoms with Crippen LogP contribution in [0.2, 0.25) is 0 Å². The van der Waals surface area contributed by atoms with Crippen LogP contribution in [0, 0.1) is 0 Å². The van der Waals surface area contributed by atoms with Crippen LogP contribution >= 0.6 is 0 Å². The molecule has 0 aliphatic heterocycles. The first kappa shape index (κ1) is 12.7. The third kappa shape index (κ3) is 1.20. The van der Waals surface area contributed by atoms with Gasteiger partial charge in [0.2, 0.25) is 5.83 Å². The molecule has 1 aliphatic carbocycles. The number of alkyl halides is 3. The second-order valence-electron chi connectivity index (χ2n) is 2.76. The zero-order valence-corrected chi connectivity index (χ0v) is 6.93. The van der Waals surface area contributed by atoms with Crippen LogP contribution in [0.3, 0.4) is 0 Å². The zero-order valence-electron chi connectivity index (χ0n) is 6.93. The van der Waals surface area contributed by atoms with Crippen LogP contribution in [-0.4, -0.2) is 17.6 Å². The molecule has 1 unspecified atom stereocenters. The van der Waals surface area contributed by atoms with Gasteiger partial charge in [0, 0.05) is 0 Å². The SMILES string of the molecule is O=C(F)C1(F)C(F)=C(F)C(F)=C(F)C1(F)F. The summed E-state index contributed by atoms with van der Waals surface area (Å²) in [4.78, 5) is 9.87. The van der Waals surface area contributed by atoms with Gasteiger partial charge in [0.25, 0.3) is 0 Å². The van der Waals surface area contributed by atoms with E-state index >= 15 is 0 Å². The van der Waals surface area contributed by atoms with Crippen molar-refractivity contribution in [3.63, 3.8) is 0 Å². The molecule has 1 atom stereocenters. The molecule has 0 fully saturated rings. The highest BCUT2D eigenvalue weighted by Gasteiger charge is 2.71. The van der Waals surface area contributed by atoms with Crippen molar-refractivity contribution >= 4 is 6.04 Å². The Kier molecular flexibility index (Phi) is 2.60. The minimum Gasteiger partial charge on any atom is -0.257 e. The van der Waals surface area contributed by atoms with Crippen LogP contribution in [0.4, 0.5) is 35.1 Å². The third-order valence-electron chi connectivity index (χ3n) is 1.86. The summed E-state index contributed by atoms with van der Waals surface area (Å²) in [6, 6.07) is -3.67. The first-order chi connectivity index (χ1) is 7.08. The number of allylic oxidation sites excluding steroid dienone is 4. The number of carbonyl (C=O) groups excluding carboxylic acids is 1. The second kappa shape index (κ2) is 3.29. The van der Waals surface area contributed by atoms with Crippen molar-refractivity contribution in [1.82, 2.24) is 0 Å². The molecule has 0 aromatic rings. The van der Waals surface area contributed by atoms with Gasteiger partial charge in [0.05, 0.1) is 0 Å². The van der Waals surface area contributed by atoms with Crippen molar-refractivity contribution in [3.05, 3.63) is 23.3 Å². The van der Waals surface area contributed by atoms with Crippen LogP contribution in [0.15, 0.2) is 23.3 Å². The van der Waals surface area contributed by atoms with E-state index in [4.69, 9.17) is 0 Å². The fourth-order valence-electron chi connectivity index (χ4n) is 0.981. The fourth-order valence-corrected chi connectivity index (χ4v) is 0.981. The lowest BCUT2D eigenvalue weighted by Gasteiger charge is -2.29. The Labute approximate surface area is 82.0 Å². The van der Waals surface area contributed by atoms with E-state index in [1.54, 1.807) is 0 Å². The van der Waals surface area contributed by atoms with E-state index in [0.29, 0.717) is 0 Å². The Hall–Kier alpha value is -1.41. The van der Waals surface area contributed by atoms with Crippen molar-refractivity contribution in [1.29, 1.82) is 0 Å². The van der Waals surface area contributed by atoms with Crippen molar-refractivity contribution in [2.75, 3.05) is 0 Å². The van der Waals surface area contributed by atoms with E-state index in [1.165, 1.54) is 0 Å². The topological polar surface area (TPSA) is 17.1 Å². The Balaban J connectivity index is 3.63. The molecule has 0 saturated carbocycles. The summed E-state index contributed by atoms with van der Waals surface area (Å²) in [5.41, 5.74) is -5.52. The van der Waals surface area contributed by atoms with Gasteiger partial charge in [-0.05, 0) is 0 Å². The van der Waals surface area contributed by atoms with Gasteiger partial charge in [-0.15, -0.1) is 0 Å². The normalized spacial score (nSPS) is 29.8. The maximum Gasteiger partial charge on any atom is 0.352 e. The smallest absolute Gasteiger partial charge is 0.257 e. The minimum absolute atomic E-state index is 3.02. The Morgan fingerprint density at radius 3 is 1.62 bits per heavy atom. The summed E-state index contributed by atoms with van der Waals surface area (Å²) in [5, 5.41) is 0. The standard InChI is InChI=1S/C7F8O/c8-1-2(9)4(11)7(14,15)6(13,3(1)10)5(12)16. The van der Waals surface area contributed by atoms with Gasteiger partial charge in [-0.2, -0.15) is 13.2 Å². The Bertz CT molecular complexity index is 422. The van der Waals surface area contributed by atoms with Gasteiger partial charge in [0.1, 0.15) is 0 Å². The molecule has 0 aromatic heterocycles. The van der Waals surface area contributed by atoms with Gasteiger partial charge < -0.3 is 0 Å². The lowest BCUT2D eigenvalue weighted by Crippen LogP contribution is -2.52. The van der Waals surface area contributed by atoms with Gasteiger partial charge >= 0.3 is 17.6 Å². The van der Waals surface area contributed by atoms with Crippen molar-refractivity contribution in [2.24, 2.45) is 0 Å². The zero-order chi connectivity index (χ0) is 12.9. The fraction of sp³-hybridized carbons (Fsp3) is 0.286. The van der Waals surface area contributed by atoms with E-state index < -0.39 is 40.9 Å². The van der Waals surface area contributed by atoms with Crippen LogP contribution in [0.25, 0.3) is 0 Å². The van der Waals surface area contributed by atoms with Gasteiger partial charge in [-0.1, -0.05) is 0 Å². The average molecular weight is 252 g/mol. The van der Waals surface area contributed by atoms with Crippen LogP contribution in [-0.2, 0) is 4.79 Å². The lowest BCUT2D eigenvalue weighted by atomic mass is 9.90. The van der Waals surface area contributed by atoms with Gasteiger partial charge in [-0.3, -0.25) is 4.79 Å². The number of hydrogen-bond donors (Lipinski definition) is 0. The van der Waals surface area contributed by atoms with E-state index in [9.17, 15) is 39.9 Å². The predicted octanol–water partition coefficient (Wildman–Crippen LogP) is 3.14. The molecular formula is C7F8O. The first-order valence-corrected chi connectivity index (χ1v) is 3.47. The maximum absolute atomic E-state index is 13.0. The second-order valence-corrected chi connectivity index (χ2v) is 2.76. The Morgan fingerprint density at radius 2 is 1.25 bits per heavy atom. The summed E-state index contributed by atoms with van der Waals surface area (Å²) in [6.07, 6.45) is 0. The molecule has 1 nitrogen and oxygen atoms in total. The van der Waals surface area contributed by atoms with E-state index in [1.807, 2.05) is 0 Å². The highest BCUT2D eigenvalue weighted by Crippen LogP contribution is 2.52. The van der Waals surface area contributed by atoms with Crippen molar-refractivity contribution < 1.29 is 39.9 Å². The molecule has 0 spiro atoms. The molecule has 0 N–H and O–H groups in total. The molecular weight excluding hydrogens is 252 g/mol. The molecule has 9 heteroatoms. The molecule has 0 bridgehead atoms. The summed E-state index contributed by atoms with van der Waals surface area (Å²) >= 11 is 0. The predicted molar refractivity (Wildman–Crippen MR) is 33.4 cm³/mol. The molecule has 0 amide bonds. The maximum atomic E-state index is 13.0. The third-order valence-corrected chi connectivity index (χ3v) is 1.86. The van der Waals surface area contributed by atoms with E-state index in [-0.39, 0.29) is 0 Å². The van der Waals surface area contributed by atoms with Crippen molar-refractivity contribution in [3.8, 4) is 0 Å². The largest absolute Gasteiger partial charge is 0.352 e. The molecule has 0 saturated heterocycles. The molecule has 0 radical (unpaired) electrons. The summed E-state index contributed by atoms with van der Waals surface area (Å²) in [7, 11) is 0. The molecule has 0 heterocycles. The van der Waals surface area contributed by atoms with Crippen LogP contribution in [0.1, 0.15) is 0 Å². The highest BCUT2D eigenvalue weighted by molar-refractivity contribution is 5.85. The monoisotopic (exact) mass is 252 g/mol. The van der Waals surface area contributed by atoms with Crippen molar-refractivity contribution in [2.45, 2.75) is 11.6 Å². The number of carbonyl (C=O) groups is 1. The molecule has 1 aliphatic rings. The molecule has 16 heavy (non-hydrogen) atoms. The summed E-state index contributed by atoms with van der Waals surface area (Å²) < 4.78 is 99.7. The molecule has 1 rings (SSSR count). The summed E-state index contributed by atoms with van der Waals surface area (Å²) in [5.74, 6) is -18.6. The molecule has 0 aromatic carbocycles. The lowest BCUT2D eigenvalue weighted by molar-refractivity contribution is -0.168. The number of hydrogen-bond acceptors (Lipinski definition) is 1. The highest BCUT2D eigenvalue weighted by atomic mass is 19.3. The van der Waals surface area contributed by atoms with Crippen LogP contribution in [0.5, 0.6) is 0 Å². The number of rotatable bonds is 1. The van der Waals surface area contributed by atoms with Crippen LogP contribution < -0.4 is 0 Å².